The van der Waals surface area contributed by atoms with Crippen LogP contribution in [0.15, 0.2) is 31.0 Å². The third-order valence-corrected chi connectivity index (χ3v) is 4.01. The van der Waals surface area contributed by atoms with Crippen LogP contribution in [-0.4, -0.2) is 44.9 Å². The van der Waals surface area contributed by atoms with Gasteiger partial charge < -0.3 is 15.2 Å². The van der Waals surface area contributed by atoms with Gasteiger partial charge in [-0.25, -0.2) is 4.98 Å². The molecule has 1 atom stereocenters. The molecule has 0 aliphatic carbocycles. The maximum atomic E-state index is 12.1. The fourth-order valence-corrected chi connectivity index (χ4v) is 2.86. The minimum absolute atomic E-state index is 0.00571. The first-order valence-electron chi connectivity index (χ1n) is 7.78. The summed E-state index contributed by atoms with van der Waals surface area (Å²) in [5.74, 6) is 0.448. The van der Waals surface area contributed by atoms with Crippen LogP contribution in [0.25, 0.3) is 0 Å². The molecule has 1 amide bonds. The summed E-state index contributed by atoms with van der Waals surface area (Å²) in [5, 5.41) is 10.6. The van der Waals surface area contributed by atoms with E-state index in [1.165, 1.54) is 6.42 Å². The predicted octanol–water partition coefficient (Wildman–Crippen LogP) is 0.363. The SMILES string of the molecule is O=C(Cn1nccc1[C@@H]1CCCNC1)NCCn1ccnc1. The van der Waals surface area contributed by atoms with E-state index in [-0.39, 0.29) is 12.5 Å². The van der Waals surface area contributed by atoms with Crippen molar-refractivity contribution in [3.63, 3.8) is 0 Å². The molecule has 7 heteroatoms. The normalized spacial score (nSPS) is 18.3. The number of nitrogens with one attached hydrogen (secondary N) is 2. The Morgan fingerprint density at radius 2 is 2.41 bits per heavy atom. The van der Waals surface area contributed by atoms with Crippen LogP contribution in [0.3, 0.4) is 0 Å². The summed E-state index contributed by atoms with van der Waals surface area (Å²) in [4.78, 5) is 16.0. The van der Waals surface area contributed by atoms with Gasteiger partial charge in [0.15, 0.2) is 0 Å². The Labute approximate surface area is 129 Å². The average Bonchev–Trinajstić information content (AvgIpc) is 3.20. The number of hydrogen-bond donors (Lipinski definition) is 2. The van der Waals surface area contributed by atoms with Crippen molar-refractivity contribution >= 4 is 5.91 Å². The first kappa shape index (κ1) is 14.8. The van der Waals surface area contributed by atoms with Gasteiger partial charge in [0.2, 0.25) is 5.91 Å². The van der Waals surface area contributed by atoms with E-state index in [4.69, 9.17) is 0 Å². The lowest BCUT2D eigenvalue weighted by Crippen LogP contribution is -2.33. The van der Waals surface area contributed by atoms with E-state index in [2.05, 4.69) is 20.7 Å². The fraction of sp³-hybridized carbons (Fsp3) is 0.533. The Bertz CT molecular complexity index is 585. The standard InChI is InChI=1S/C15H22N6O/c22-15(18-7-9-20-8-6-17-12-20)11-21-14(3-5-19-21)13-2-1-4-16-10-13/h3,5-6,8,12-13,16H,1-2,4,7,9-11H2,(H,18,22)/t13-/m1/s1. The van der Waals surface area contributed by atoms with Crippen LogP contribution >= 0.6 is 0 Å². The largest absolute Gasteiger partial charge is 0.353 e. The van der Waals surface area contributed by atoms with Gasteiger partial charge in [-0.2, -0.15) is 5.10 Å². The van der Waals surface area contributed by atoms with Gasteiger partial charge in [0.05, 0.1) is 6.33 Å². The summed E-state index contributed by atoms with van der Waals surface area (Å²) in [6.07, 6.45) is 9.47. The van der Waals surface area contributed by atoms with Gasteiger partial charge >= 0.3 is 0 Å². The molecule has 2 N–H and O–H groups in total. The van der Waals surface area contributed by atoms with Gasteiger partial charge in [-0.05, 0) is 25.5 Å². The van der Waals surface area contributed by atoms with E-state index in [0.29, 0.717) is 12.5 Å². The van der Waals surface area contributed by atoms with Crippen molar-refractivity contribution in [2.24, 2.45) is 0 Å². The Kier molecular flexibility index (Phi) is 4.85. The Hall–Kier alpha value is -2.15. The van der Waals surface area contributed by atoms with Crippen molar-refractivity contribution in [2.75, 3.05) is 19.6 Å². The molecule has 0 bridgehead atoms. The molecular weight excluding hydrogens is 280 g/mol. The molecule has 1 fully saturated rings. The Morgan fingerprint density at radius 3 is 3.18 bits per heavy atom. The van der Waals surface area contributed by atoms with Crippen molar-refractivity contribution in [3.05, 3.63) is 36.7 Å². The molecule has 0 saturated carbocycles. The quantitative estimate of drug-likeness (QED) is 0.808. The number of aromatic nitrogens is 4. The molecule has 22 heavy (non-hydrogen) atoms. The number of carbonyl (C=O) groups excluding carboxylic acids is 1. The van der Waals surface area contributed by atoms with Crippen molar-refractivity contribution < 1.29 is 4.79 Å². The Balaban J connectivity index is 1.50. The highest BCUT2D eigenvalue weighted by Gasteiger charge is 2.19. The molecule has 7 nitrogen and oxygen atoms in total. The summed E-state index contributed by atoms with van der Waals surface area (Å²) in [6, 6.07) is 2.02. The van der Waals surface area contributed by atoms with Gasteiger partial charge in [0.25, 0.3) is 0 Å². The van der Waals surface area contributed by atoms with E-state index in [9.17, 15) is 4.79 Å². The number of amides is 1. The van der Waals surface area contributed by atoms with Crippen molar-refractivity contribution in [3.8, 4) is 0 Å². The van der Waals surface area contributed by atoms with Gasteiger partial charge in [0, 0.05) is 49.8 Å². The van der Waals surface area contributed by atoms with Gasteiger partial charge in [-0.3, -0.25) is 9.48 Å². The van der Waals surface area contributed by atoms with Crippen LogP contribution < -0.4 is 10.6 Å². The molecule has 3 rings (SSSR count). The molecule has 2 aromatic heterocycles. The number of rotatable bonds is 6. The number of carbonyl (C=O) groups is 1. The molecule has 2 aromatic rings. The van der Waals surface area contributed by atoms with E-state index in [1.54, 1.807) is 18.7 Å². The summed E-state index contributed by atoms with van der Waals surface area (Å²) >= 11 is 0. The molecule has 1 aliphatic heterocycles. The Morgan fingerprint density at radius 1 is 1.45 bits per heavy atom. The van der Waals surface area contributed by atoms with E-state index < -0.39 is 0 Å². The van der Waals surface area contributed by atoms with Gasteiger partial charge in [-0.1, -0.05) is 0 Å². The highest BCUT2D eigenvalue weighted by Crippen LogP contribution is 2.22. The van der Waals surface area contributed by atoms with Crippen LogP contribution in [0.5, 0.6) is 0 Å². The van der Waals surface area contributed by atoms with E-state index >= 15 is 0 Å². The molecule has 1 saturated heterocycles. The molecule has 0 radical (unpaired) electrons. The summed E-state index contributed by atoms with van der Waals surface area (Å²) in [6.45, 7) is 3.65. The highest BCUT2D eigenvalue weighted by molar-refractivity contribution is 5.75. The monoisotopic (exact) mass is 302 g/mol. The number of piperidine rings is 1. The smallest absolute Gasteiger partial charge is 0.241 e. The minimum atomic E-state index is -0.00571. The summed E-state index contributed by atoms with van der Waals surface area (Å²) in [5.41, 5.74) is 1.15. The lowest BCUT2D eigenvalue weighted by molar-refractivity contribution is -0.121. The molecule has 3 heterocycles. The zero-order valence-corrected chi connectivity index (χ0v) is 12.6. The second-order valence-corrected chi connectivity index (χ2v) is 5.61. The maximum Gasteiger partial charge on any atom is 0.241 e. The van der Waals surface area contributed by atoms with Crippen LogP contribution in [-0.2, 0) is 17.9 Å². The predicted molar refractivity (Wildman–Crippen MR) is 82.3 cm³/mol. The first-order chi connectivity index (χ1) is 10.8. The highest BCUT2D eigenvalue weighted by atomic mass is 16.2. The third-order valence-electron chi connectivity index (χ3n) is 4.01. The van der Waals surface area contributed by atoms with Crippen molar-refractivity contribution in [1.82, 2.24) is 30.0 Å². The molecule has 1 aliphatic rings. The number of imidazole rings is 1. The third kappa shape index (κ3) is 3.73. The zero-order chi connectivity index (χ0) is 15.2. The zero-order valence-electron chi connectivity index (χ0n) is 12.6. The lowest BCUT2D eigenvalue weighted by Gasteiger charge is -2.23. The summed E-state index contributed by atoms with van der Waals surface area (Å²) in [7, 11) is 0. The van der Waals surface area contributed by atoms with Crippen LogP contribution in [0.1, 0.15) is 24.5 Å². The van der Waals surface area contributed by atoms with Crippen LogP contribution in [0, 0.1) is 0 Å². The molecule has 0 aromatic carbocycles. The molecule has 118 valence electrons. The fourth-order valence-electron chi connectivity index (χ4n) is 2.86. The van der Waals surface area contributed by atoms with Crippen LogP contribution in [0.4, 0.5) is 0 Å². The maximum absolute atomic E-state index is 12.1. The second kappa shape index (κ2) is 7.22. The van der Waals surface area contributed by atoms with Gasteiger partial charge in [0.1, 0.15) is 6.54 Å². The second-order valence-electron chi connectivity index (χ2n) is 5.61. The molecule has 0 spiro atoms. The lowest BCUT2D eigenvalue weighted by atomic mass is 9.96. The van der Waals surface area contributed by atoms with E-state index in [1.807, 2.05) is 21.5 Å². The van der Waals surface area contributed by atoms with Crippen LogP contribution in [0.2, 0.25) is 0 Å². The van der Waals surface area contributed by atoms with Gasteiger partial charge in [-0.15, -0.1) is 0 Å². The first-order valence-corrected chi connectivity index (χ1v) is 7.78. The van der Waals surface area contributed by atoms with Crippen molar-refractivity contribution in [1.29, 1.82) is 0 Å². The molecule has 0 unspecified atom stereocenters. The summed E-state index contributed by atoms with van der Waals surface area (Å²) < 4.78 is 3.76. The van der Waals surface area contributed by atoms with Crippen molar-refractivity contribution in [2.45, 2.75) is 31.8 Å². The topological polar surface area (TPSA) is 76.8 Å². The average molecular weight is 302 g/mol. The number of hydrogen-bond acceptors (Lipinski definition) is 4. The number of nitrogens with zero attached hydrogens (tertiary/aromatic N) is 4. The molecular formula is C15H22N6O. The minimum Gasteiger partial charge on any atom is -0.353 e. The van der Waals surface area contributed by atoms with E-state index in [0.717, 1.165) is 31.7 Å².